The first-order chi connectivity index (χ1) is 11.0. The Balaban J connectivity index is 0.00000288. The fraction of sp³-hybridized carbons (Fsp3) is 0.562. The summed E-state index contributed by atoms with van der Waals surface area (Å²) in [6.45, 7) is 2.76. The molecule has 1 amide bonds. The van der Waals surface area contributed by atoms with Gasteiger partial charge in [0.25, 0.3) is 0 Å². The van der Waals surface area contributed by atoms with Gasteiger partial charge in [0.1, 0.15) is 5.82 Å². The molecule has 0 aromatic heterocycles. The molecule has 1 aliphatic rings. The average Bonchev–Trinajstić information content (AvgIpc) is 2.72. The van der Waals surface area contributed by atoms with Crippen molar-refractivity contribution in [2.24, 2.45) is 5.92 Å². The lowest BCUT2D eigenvalue weighted by atomic mass is 9.95. The van der Waals surface area contributed by atoms with Crippen LogP contribution < -0.4 is 10.6 Å². The van der Waals surface area contributed by atoms with Crippen LogP contribution in [-0.4, -0.2) is 57.7 Å². The molecule has 5 nitrogen and oxygen atoms in total. The topological polar surface area (TPSA) is 53.6 Å². The van der Waals surface area contributed by atoms with Gasteiger partial charge in [-0.25, -0.2) is 4.39 Å². The molecule has 0 bridgehead atoms. The van der Waals surface area contributed by atoms with Crippen molar-refractivity contribution >= 4 is 42.3 Å². The fourth-order valence-electron chi connectivity index (χ4n) is 2.61. The molecule has 1 saturated heterocycles. The number of hydrogen-bond acceptors (Lipinski definition) is 4. The van der Waals surface area contributed by atoms with Crippen molar-refractivity contribution in [1.29, 1.82) is 0 Å². The van der Waals surface area contributed by atoms with E-state index >= 15 is 0 Å². The van der Waals surface area contributed by atoms with Gasteiger partial charge in [0.15, 0.2) is 0 Å². The number of likely N-dealkylation sites (N-methyl/N-ethyl adjacent to an activating group) is 1. The molecule has 0 saturated carbocycles. The molecule has 0 aliphatic carbocycles. The lowest BCUT2D eigenvalue weighted by molar-refractivity contribution is -0.122. The number of nitrogens with zero attached hydrogens (tertiary/aromatic N) is 1. The Labute approximate surface area is 165 Å². The molecule has 2 N–H and O–H groups in total. The minimum Gasteiger partial charge on any atom is -0.372 e. The minimum atomic E-state index is -0.458. The van der Waals surface area contributed by atoms with Crippen LogP contribution in [0.25, 0.3) is 0 Å². The van der Waals surface area contributed by atoms with E-state index in [0.29, 0.717) is 26.2 Å². The Morgan fingerprint density at radius 2 is 2.16 bits per heavy atom. The maximum atomic E-state index is 13.7. The third-order valence-electron chi connectivity index (χ3n) is 3.70. The number of amides is 1. The van der Waals surface area contributed by atoms with Crippen LogP contribution in [0.15, 0.2) is 18.2 Å². The molecule has 0 spiro atoms. The van der Waals surface area contributed by atoms with Crippen molar-refractivity contribution in [2.45, 2.75) is 6.10 Å². The zero-order chi connectivity index (χ0) is 16.8. The van der Waals surface area contributed by atoms with Crippen LogP contribution in [-0.2, 0) is 9.53 Å². The first kappa shape index (κ1) is 24.4. The van der Waals surface area contributed by atoms with Gasteiger partial charge in [0.05, 0.1) is 24.3 Å². The normalized spacial score (nSPS) is 20.2. The van der Waals surface area contributed by atoms with Gasteiger partial charge >= 0.3 is 0 Å². The summed E-state index contributed by atoms with van der Waals surface area (Å²) in [5, 5.41) is 6.29. The number of nitrogens with one attached hydrogen (secondary N) is 2. The molecule has 1 aliphatic heterocycles. The van der Waals surface area contributed by atoms with Gasteiger partial charge in [-0.3, -0.25) is 4.79 Å². The third kappa shape index (κ3) is 7.64. The predicted octanol–water partition coefficient (Wildman–Crippen LogP) is 2.28. The molecule has 1 fully saturated rings. The van der Waals surface area contributed by atoms with Crippen molar-refractivity contribution < 1.29 is 13.9 Å². The lowest BCUT2D eigenvalue weighted by Gasteiger charge is -2.26. The SMILES string of the molecule is CN(C)CC(=O)NC[C@@H]1CNCCO[C@H]1c1ccc(Cl)c(F)c1.Cl.Cl. The average molecular weight is 417 g/mol. The van der Waals surface area contributed by atoms with Gasteiger partial charge < -0.3 is 20.3 Å². The van der Waals surface area contributed by atoms with Gasteiger partial charge in [0.2, 0.25) is 5.91 Å². The quantitative estimate of drug-likeness (QED) is 0.773. The monoisotopic (exact) mass is 415 g/mol. The summed E-state index contributed by atoms with van der Waals surface area (Å²) in [7, 11) is 3.68. The van der Waals surface area contributed by atoms with Crippen molar-refractivity contribution in [3.63, 3.8) is 0 Å². The second-order valence-electron chi connectivity index (χ2n) is 5.97. The van der Waals surface area contributed by atoms with E-state index in [1.807, 2.05) is 19.0 Å². The molecule has 1 aromatic carbocycles. The molecule has 1 heterocycles. The van der Waals surface area contributed by atoms with Crippen LogP contribution in [0.2, 0.25) is 5.02 Å². The number of hydrogen-bond donors (Lipinski definition) is 2. The van der Waals surface area contributed by atoms with Gasteiger partial charge in [-0.2, -0.15) is 0 Å². The van der Waals surface area contributed by atoms with Gasteiger partial charge in [-0.05, 0) is 31.8 Å². The van der Waals surface area contributed by atoms with E-state index in [1.54, 1.807) is 6.07 Å². The highest BCUT2D eigenvalue weighted by Gasteiger charge is 2.27. The van der Waals surface area contributed by atoms with E-state index in [0.717, 1.165) is 12.1 Å². The number of halogens is 4. The molecule has 2 rings (SSSR count). The van der Waals surface area contributed by atoms with Crippen LogP contribution in [0, 0.1) is 11.7 Å². The van der Waals surface area contributed by atoms with E-state index < -0.39 is 5.82 Å². The van der Waals surface area contributed by atoms with Crippen LogP contribution in [0.1, 0.15) is 11.7 Å². The first-order valence-corrected chi connectivity index (χ1v) is 8.04. The van der Waals surface area contributed by atoms with Crippen LogP contribution in [0.5, 0.6) is 0 Å². The van der Waals surface area contributed by atoms with E-state index in [1.165, 1.54) is 12.1 Å². The summed E-state index contributed by atoms with van der Waals surface area (Å²) in [5.41, 5.74) is 0.738. The molecule has 0 unspecified atom stereocenters. The van der Waals surface area contributed by atoms with Crippen molar-refractivity contribution in [3.8, 4) is 0 Å². The molecule has 2 atom stereocenters. The van der Waals surface area contributed by atoms with Crippen molar-refractivity contribution in [3.05, 3.63) is 34.6 Å². The van der Waals surface area contributed by atoms with Gasteiger partial charge in [-0.1, -0.05) is 17.7 Å². The number of ether oxygens (including phenoxy) is 1. The number of benzene rings is 1. The molecular weight excluding hydrogens is 392 g/mol. The molecule has 25 heavy (non-hydrogen) atoms. The number of carbonyl (C=O) groups excluding carboxylic acids is 1. The molecule has 0 radical (unpaired) electrons. The van der Waals surface area contributed by atoms with E-state index in [-0.39, 0.29) is 47.8 Å². The van der Waals surface area contributed by atoms with E-state index in [4.69, 9.17) is 16.3 Å². The highest BCUT2D eigenvalue weighted by Crippen LogP contribution is 2.29. The van der Waals surface area contributed by atoms with E-state index in [9.17, 15) is 9.18 Å². The smallest absolute Gasteiger partial charge is 0.234 e. The maximum absolute atomic E-state index is 13.7. The van der Waals surface area contributed by atoms with Crippen molar-refractivity contribution in [2.75, 3.05) is 46.9 Å². The Morgan fingerprint density at radius 1 is 1.44 bits per heavy atom. The largest absolute Gasteiger partial charge is 0.372 e. The summed E-state index contributed by atoms with van der Waals surface area (Å²) in [4.78, 5) is 13.6. The fourth-order valence-corrected chi connectivity index (χ4v) is 2.73. The summed E-state index contributed by atoms with van der Waals surface area (Å²) >= 11 is 5.75. The Hall–Kier alpha value is -0.630. The second kappa shape index (κ2) is 11.9. The minimum absolute atomic E-state index is 0. The molecule has 9 heteroatoms. The zero-order valence-electron chi connectivity index (χ0n) is 14.3. The summed E-state index contributed by atoms with van der Waals surface area (Å²) in [6, 6.07) is 4.72. The van der Waals surface area contributed by atoms with Crippen molar-refractivity contribution in [1.82, 2.24) is 15.5 Å². The lowest BCUT2D eigenvalue weighted by Crippen LogP contribution is -2.40. The maximum Gasteiger partial charge on any atom is 0.234 e. The third-order valence-corrected chi connectivity index (χ3v) is 4.01. The zero-order valence-corrected chi connectivity index (χ0v) is 16.6. The van der Waals surface area contributed by atoms with E-state index in [2.05, 4.69) is 10.6 Å². The molecule has 144 valence electrons. The number of rotatable bonds is 5. The van der Waals surface area contributed by atoms with Crippen LogP contribution >= 0.6 is 36.4 Å². The second-order valence-corrected chi connectivity index (χ2v) is 6.38. The Kier molecular flexibility index (Phi) is 11.6. The highest BCUT2D eigenvalue weighted by atomic mass is 35.5. The predicted molar refractivity (Wildman–Crippen MR) is 103 cm³/mol. The van der Waals surface area contributed by atoms with Crippen LogP contribution in [0.4, 0.5) is 4.39 Å². The standard InChI is InChI=1S/C16H23ClFN3O2.2ClH/c1-21(2)10-15(22)20-9-12-8-19-5-6-23-16(12)11-3-4-13(17)14(18)7-11;;/h3-4,7,12,16,19H,5-6,8-10H2,1-2H3,(H,20,22);2*1H/t12-,16-;;/m0../s1. The van der Waals surface area contributed by atoms with Gasteiger partial charge in [0, 0.05) is 25.6 Å². The summed E-state index contributed by atoms with van der Waals surface area (Å²) in [6.07, 6.45) is -0.281. The Morgan fingerprint density at radius 3 is 2.80 bits per heavy atom. The molecular formula is C16H25Cl3FN3O2. The molecule has 1 aromatic rings. The Bertz CT molecular complexity index is 549. The summed E-state index contributed by atoms with van der Waals surface area (Å²) in [5.74, 6) is -0.482. The summed E-state index contributed by atoms with van der Waals surface area (Å²) < 4.78 is 19.6. The number of carbonyl (C=O) groups is 1. The first-order valence-electron chi connectivity index (χ1n) is 7.66. The highest BCUT2D eigenvalue weighted by molar-refractivity contribution is 6.30. The van der Waals surface area contributed by atoms with Crippen LogP contribution in [0.3, 0.4) is 0 Å². The van der Waals surface area contributed by atoms with Gasteiger partial charge in [-0.15, -0.1) is 24.8 Å².